The molecule has 1 atom stereocenters. The van der Waals surface area contributed by atoms with Crippen molar-refractivity contribution in [3.63, 3.8) is 0 Å². The number of halogens is 4. The van der Waals surface area contributed by atoms with Gasteiger partial charge in [0.25, 0.3) is 0 Å². The second kappa shape index (κ2) is 6.86. The lowest BCUT2D eigenvalue weighted by atomic mass is 9.97. The Balaban J connectivity index is 2.53. The second-order valence-electron chi connectivity index (χ2n) is 4.76. The zero-order valence-electron chi connectivity index (χ0n) is 11.7. The third-order valence-corrected chi connectivity index (χ3v) is 4.57. The minimum Gasteiger partial charge on any atom is -0.306 e. The Kier molecular flexibility index (Phi) is 5.36. The van der Waals surface area contributed by atoms with Crippen molar-refractivity contribution in [2.45, 2.75) is 19.9 Å². The van der Waals surface area contributed by atoms with E-state index in [9.17, 15) is 8.78 Å². The van der Waals surface area contributed by atoms with Crippen molar-refractivity contribution in [3.05, 3.63) is 68.2 Å². The first-order valence-corrected chi connectivity index (χ1v) is 7.75. The van der Waals surface area contributed by atoms with E-state index in [-0.39, 0.29) is 10.8 Å². The summed E-state index contributed by atoms with van der Waals surface area (Å²) < 4.78 is 28.7. The van der Waals surface area contributed by atoms with Gasteiger partial charge in [-0.25, -0.2) is 8.78 Å². The van der Waals surface area contributed by atoms with Crippen molar-refractivity contribution in [1.82, 2.24) is 5.32 Å². The molecule has 2 aromatic rings. The highest BCUT2D eigenvalue weighted by Gasteiger charge is 2.20. The van der Waals surface area contributed by atoms with Crippen molar-refractivity contribution in [1.29, 1.82) is 0 Å². The molecule has 0 radical (unpaired) electrons. The van der Waals surface area contributed by atoms with Crippen LogP contribution in [0.15, 0.2) is 34.8 Å². The molecule has 0 spiro atoms. The van der Waals surface area contributed by atoms with Crippen molar-refractivity contribution >= 4 is 27.5 Å². The molecule has 0 amide bonds. The normalized spacial score (nSPS) is 12.5. The molecule has 0 aliphatic heterocycles. The summed E-state index contributed by atoms with van der Waals surface area (Å²) in [7, 11) is 0. The van der Waals surface area contributed by atoms with E-state index in [2.05, 4.69) is 21.2 Å². The largest absolute Gasteiger partial charge is 0.306 e. The molecule has 0 heterocycles. The molecule has 112 valence electrons. The zero-order chi connectivity index (χ0) is 15.6. The van der Waals surface area contributed by atoms with Gasteiger partial charge in [-0.3, -0.25) is 0 Å². The van der Waals surface area contributed by atoms with Crippen molar-refractivity contribution in [2.24, 2.45) is 0 Å². The Morgan fingerprint density at radius 1 is 1.24 bits per heavy atom. The Labute approximate surface area is 136 Å². The number of benzene rings is 2. The summed E-state index contributed by atoms with van der Waals surface area (Å²) >= 11 is 9.14. The lowest BCUT2D eigenvalue weighted by Gasteiger charge is -2.20. The van der Waals surface area contributed by atoms with Crippen LogP contribution >= 0.6 is 27.5 Å². The van der Waals surface area contributed by atoms with Gasteiger partial charge < -0.3 is 5.32 Å². The highest BCUT2D eigenvalue weighted by Crippen LogP contribution is 2.33. The van der Waals surface area contributed by atoms with Crippen LogP contribution < -0.4 is 5.32 Å². The minimum absolute atomic E-state index is 0.0305. The molecule has 0 aliphatic rings. The lowest BCUT2D eigenvalue weighted by molar-refractivity contribution is 0.553. The van der Waals surface area contributed by atoms with Gasteiger partial charge in [0.15, 0.2) is 0 Å². The van der Waals surface area contributed by atoms with Gasteiger partial charge in [-0.1, -0.05) is 36.7 Å². The molecule has 1 N–H and O–H groups in total. The summed E-state index contributed by atoms with van der Waals surface area (Å²) in [5, 5.41) is 3.20. The molecule has 2 rings (SSSR count). The van der Waals surface area contributed by atoms with Gasteiger partial charge in [-0.2, -0.15) is 0 Å². The minimum atomic E-state index is -0.502. The summed E-state index contributed by atoms with van der Waals surface area (Å²) in [5.74, 6) is -0.808. The molecular formula is C16H15BrClF2N. The van der Waals surface area contributed by atoms with E-state index in [0.717, 1.165) is 0 Å². The van der Waals surface area contributed by atoms with Gasteiger partial charge in [-0.15, -0.1) is 0 Å². The highest BCUT2D eigenvalue weighted by molar-refractivity contribution is 9.10. The molecule has 0 fully saturated rings. The average Bonchev–Trinajstić information content (AvgIpc) is 2.46. The van der Waals surface area contributed by atoms with Crippen LogP contribution in [0.25, 0.3) is 0 Å². The Hall–Kier alpha value is -0.970. The third kappa shape index (κ3) is 3.44. The smallest absolute Gasteiger partial charge is 0.148 e. The van der Waals surface area contributed by atoms with Crippen LogP contribution in [-0.4, -0.2) is 6.54 Å². The fourth-order valence-electron chi connectivity index (χ4n) is 2.16. The molecule has 5 heteroatoms. The molecular weight excluding hydrogens is 360 g/mol. The van der Waals surface area contributed by atoms with Crippen LogP contribution in [0.5, 0.6) is 0 Å². The summed E-state index contributed by atoms with van der Waals surface area (Å²) in [5.41, 5.74) is 1.62. The maximum Gasteiger partial charge on any atom is 0.148 e. The van der Waals surface area contributed by atoms with Crippen molar-refractivity contribution in [2.75, 3.05) is 6.54 Å². The van der Waals surface area contributed by atoms with Crippen LogP contribution in [0.4, 0.5) is 8.78 Å². The summed E-state index contributed by atoms with van der Waals surface area (Å²) in [6.45, 7) is 4.22. The van der Waals surface area contributed by atoms with Gasteiger partial charge in [0.1, 0.15) is 11.6 Å². The second-order valence-corrected chi connectivity index (χ2v) is 6.00. The summed E-state index contributed by atoms with van der Waals surface area (Å²) in [4.78, 5) is 0. The van der Waals surface area contributed by atoms with Gasteiger partial charge in [0.05, 0.1) is 11.1 Å². The molecule has 21 heavy (non-hydrogen) atoms. The first-order valence-electron chi connectivity index (χ1n) is 6.58. The summed E-state index contributed by atoms with van der Waals surface area (Å²) in [6, 6.07) is 7.80. The average molecular weight is 375 g/mol. The fourth-order valence-corrected chi connectivity index (χ4v) is 2.64. The first-order chi connectivity index (χ1) is 9.95. The van der Waals surface area contributed by atoms with Crippen LogP contribution in [0.2, 0.25) is 5.02 Å². The topological polar surface area (TPSA) is 12.0 Å². The first kappa shape index (κ1) is 16.4. The number of nitrogens with one attached hydrogen (secondary N) is 1. The number of hydrogen-bond donors (Lipinski definition) is 1. The van der Waals surface area contributed by atoms with E-state index >= 15 is 0 Å². The quantitative estimate of drug-likeness (QED) is 0.708. The molecule has 0 saturated carbocycles. The highest BCUT2D eigenvalue weighted by atomic mass is 79.9. The zero-order valence-corrected chi connectivity index (χ0v) is 14.0. The molecule has 0 bridgehead atoms. The third-order valence-electron chi connectivity index (χ3n) is 3.31. The monoisotopic (exact) mass is 373 g/mol. The van der Waals surface area contributed by atoms with Crippen LogP contribution in [0, 0.1) is 18.6 Å². The van der Waals surface area contributed by atoms with E-state index in [1.54, 1.807) is 31.2 Å². The van der Waals surface area contributed by atoms with Crippen LogP contribution in [0.1, 0.15) is 29.7 Å². The predicted octanol–water partition coefficient (Wildman–Crippen LogP) is 5.39. The number of rotatable bonds is 4. The molecule has 0 aromatic heterocycles. The van der Waals surface area contributed by atoms with Gasteiger partial charge in [0, 0.05) is 10.0 Å². The molecule has 2 aromatic carbocycles. The van der Waals surface area contributed by atoms with Crippen molar-refractivity contribution in [3.8, 4) is 0 Å². The van der Waals surface area contributed by atoms with Gasteiger partial charge >= 0.3 is 0 Å². The molecule has 0 saturated heterocycles. The number of aryl methyl sites for hydroxylation is 1. The van der Waals surface area contributed by atoms with Crippen LogP contribution in [0.3, 0.4) is 0 Å². The maximum absolute atomic E-state index is 14.4. The van der Waals surface area contributed by atoms with E-state index in [1.807, 2.05) is 6.92 Å². The lowest BCUT2D eigenvalue weighted by Crippen LogP contribution is -2.23. The van der Waals surface area contributed by atoms with E-state index in [1.165, 1.54) is 6.07 Å². The molecule has 1 unspecified atom stereocenters. The van der Waals surface area contributed by atoms with Gasteiger partial charge in [-0.05, 0) is 52.7 Å². The van der Waals surface area contributed by atoms with Crippen molar-refractivity contribution < 1.29 is 8.78 Å². The van der Waals surface area contributed by atoms with E-state index < -0.39 is 11.9 Å². The fraction of sp³-hybridized carbons (Fsp3) is 0.250. The maximum atomic E-state index is 14.4. The van der Waals surface area contributed by atoms with E-state index in [4.69, 9.17) is 11.6 Å². The SMILES string of the molecule is CCNC(c1ccc(C)c(F)c1)c1ccc(Br)c(Cl)c1F. The molecule has 1 nitrogen and oxygen atoms in total. The molecule has 0 aliphatic carbocycles. The number of hydrogen-bond acceptors (Lipinski definition) is 1. The Morgan fingerprint density at radius 3 is 2.57 bits per heavy atom. The predicted molar refractivity (Wildman–Crippen MR) is 85.8 cm³/mol. The van der Waals surface area contributed by atoms with Gasteiger partial charge in [0.2, 0.25) is 0 Å². The summed E-state index contributed by atoms with van der Waals surface area (Å²) in [6.07, 6.45) is 0. The Morgan fingerprint density at radius 2 is 1.95 bits per heavy atom. The van der Waals surface area contributed by atoms with Crippen LogP contribution in [-0.2, 0) is 0 Å². The van der Waals surface area contributed by atoms with E-state index in [0.29, 0.717) is 27.7 Å². The Bertz CT molecular complexity index is 661. The standard InChI is InChI=1S/C16H15BrClF2N/c1-3-21-16(10-5-4-9(2)13(19)8-10)11-6-7-12(17)14(18)15(11)20/h4-8,16,21H,3H2,1-2H3.